The summed E-state index contributed by atoms with van der Waals surface area (Å²) in [7, 11) is 0. The summed E-state index contributed by atoms with van der Waals surface area (Å²) in [4.78, 5) is 14.0. The average molecular weight is 296 g/mol. The number of carbonyl (C=O) groups excluding carboxylic acids is 1. The Hall–Kier alpha value is -0.770. The molecule has 1 saturated carbocycles. The van der Waals surface area contributed by atoms with E-state index in [-0.39, 0.29) is 6.09 Å². The minimum absolute atomic E-state index is 0.157. The molecule has 3 atom stereocenters. The molecule has 0 bridgehead atoms. The highest BCUT2D eigenvalue weighted by atomic mass is 16.6. The molecule has 1 heterocycles. The van der Waals surface area contributed by atoms with Crippen molar-refractivity contribution in [3.63, 3.8) is 0 Å². The first-order chi connectivity index (χ1) is 9.61. The number of nitrogens with two attached hydrogens (primary N) is 1. The minimum Gasteiger partial charge on any atom is -0.444 e. The van der Waals surface area contributed by atoms with Gasteiger partial charge in [-0.2, -0.15) is 0 Å². The predicted molar refractivity (Wildman–Crippen MR) is 85.0 cm³/mol. The van der Waals surface area contributed by atoms with E-state index >= 15 is 0 Å². The molecule has 4 heteroatoms. The third-order valence-corrected chi connectivity index (χ3v) is 5.20. The normalized spacial score (nSPS) is 31.9. The number of ether oxygens (including phenoxy) is 1. The van der Waals surface area contributed by atoms with E-state index in [0.29, 0.717) is 23.3 Å². The molecule has 2 fully saturated rings. The number of hydrogen-bond donors (Lipinski definition) is 1. The van der Waals surface area contributed by atoms with Gasteiger partial charge in [0.15, 0.2) is 0 Å². The van der Waals surface area contributed by atoms with E-state index in [9.17, 15) is 4.79 Å². The van der Waals surface area contributed by atoms with Gasteiger partial charge < -0.3 is 15.4 Å². The summed E-state index contributed by atoms with van der Waals surface area (Å²) < 4.78 is 5.48. The average Bonchev–Trinajstić information content (AvgIpc) is 2.84. The number of rotatable bonds is 3. The molecule has 4 nitrogen and oxygen atoms in total. The maximum atomic E-state index is 12.1. The third-order valence-electron chi connectivity index (χ3n) is 5.20. The van der Waals surface area contributed by atoms with Gasteiger partial charge >= 0.3 is 6.09 Å². The van der Waals surface area contributed by atoms with E-state index < -0.39 is 5.60 Å². The molecular formula is C17H32N2O2. The zero-order chi connectivity index (χ0) is 15.8. The van der Waals surface area contributed by atoms with Crippen molar-refractivity contribution in [3.05, 3.63) is 0 Å². The largest absolute Gasteiger partial charge is 0.444 e. The van der Waals surface area contributed by atoms with Crippen molar-refractivity contribution in [1.82, 2.24) is 4.90 Å². The van der Waals surface area contributed by atoms with Crippen LogP contribution in [0.4, 0.5) is 4.79 Å². The summed E-state index contributed by atoms with van der Waals surface area (Å²) in [6, 6.07) is 0.364. The van der Waals surface area contributed by atoms with Gasteiger partial charge in [0.2, 0.25) is 0 Å². The first kappa shape index (κ1) is 16.6. The molecule has 1 aliphatic carbocycles. The van der Waals surface area contributed by atoms with Crippen LogP contribution in [0.25, 0.3) is 0 Å². The standard InChI is InChI=1S/C17H32N2O2/c1-16(2,3)21-15(20)19-10-6-7-12(11-19)8-9-13-14(18)17(13,4)5/h12-14H,6-11,18H2,1-5H3/t12?,13-,14-/m0/s1. The molecule has 122 valence electrons. The van der Waals surface area contributed by atoms with Crippen molar-refractivity contribution in [2.45, 2.75) is 71.9 Å². The predicted octanol–water partition coefficient (Wildman–Crippen LogP) is 3.40. The van der Waals surface area contributed by atoms with E-state index in [1.54, 1.807) is 0 Å². The van der Waals surface area contributed by atoms with Gasteiger partial charge in [-0.1, -0.05) is 13.8 Å². The zero-order valence-corrected chi connectivity index (χ0v) is 14.3. The number of piperidine rings is 1. The molecule has 2 aliphatic rings. The molecule has 0 aromatic rings. The summed E-state index contributed by atoms with van der Waals surface area (Å²) in [5, 5.41) is 0. The Morgan fingerprint density at radius 3 is 2.48 bits per heavy atom. The van der Waals surface area contributed by atoms with Crippen molar-refractivity contribution in [2.75, 3.05) is 13.1 Å². The second-order valence-corrected chi connectivity index (χ2v) is 8.47. The van der Waals surface area contributed by atoms with Crippen LogP contribution in [-0.2, 0) is 4.74 Å². The molecule has 1 amide bonds. The molecule has 0 aromatic heterocycles. The summed E-state index contributed by atoms with van der Waals surface area (Å²) in [5.74, 6) is 1.27. The molecule has 2 N–H and O–H groups in total. The van der Waals surface area contributed by atoms with Gasteiger partial charge in [0.1, 0.15) is 5.60 Å². The lowest BCUT2D eigenvalue weighted by molar-refractivity contribution is 0.0159. The van der Waals surface area contributed by atoms with E-state index in [4.69, 9.17) is 10.5 Å². The van der Waals surface area contributed by atoms with E-state index in [2.05, 4.69) is 13.8 Å². The molecule has 0 aromatic carbocycles. The van der Waals surface area contributed by atoms with Gasteiger partial charge in [0, 0.05) is 19.1 Å². The number of hydrogen-bond acceptors (Lipinski definition) is 3. The summed E-state index contributed by atoms with van der Waals surface area (Å²) in [6.45, 7) is 12.0. The van der Waals surface area contributed by atoms with Crippen molar-refractivity contribution < 1.29 is 9.53 Å². The highest BCUT2D eigenvalue weighted by Gasteiger charge is 2.54. The summed E-state index contributed by atoms with van der Waals surface area (Å²) >= 11 is 0. The highest BCUT2D eigenvalue weighted by Crippen LogP contribution is 2.53. The van der Waals surface area contributed by atoms with Gasteiger partial charge in [0.05, 0.1) is 0 Å². The van der Waals surface area contributed by atoms with E-state index in [1.807, 2.05) is 25.7 Å². The first-order valence-corrected chi connectivity index (χ1v) is 8.35. The van der Waals surface area contributed by atoms with Gasteiger partial charge in [-0.3, -0.25) is 0 Å². The maximum absolute atomic E-state index is 12.1. The molecule has 1 saturated heterocycles. The van der Waals surface area contributed by atoms with Crippen molar-refractivity contribution >= 4 is 6.09 Å². The Morgan fingerprint density at radius 2 is 1.95 bits per heavy atom. The van der Waals surface area contributed by atoms with Crippen LogP contribution in [0.1, 0.15) is 60.3 Å². The molecule has 1 unspecified atom stereocenters. The van der Waals surface area contributed by atoms with E-state index in [1.165, 1.54) is 19.3 Å². The van der Waals surface area contributed by atoms with Gasteiger partial charge in [0.25, 0.3) is 0 Å². The Bertz CT molecular complexity index is 387. The SMILES string of the molecule is CC(C)(C)OC(=O)N1CCCC(CC[C@H]2[C@H](N)C2(C)C)C1. The topological polar surface area (TPSA) is 55.6 Å². The van der Waals surface area contributed by atoms with Crippen molar-refractivity contribution in [2.24, 2.45) is 23.0 Å². The van der Waals surface area contributed by atoms with Crippen LogP contribution in [0.15, 0.2) is 0 Å². The van der Waals surface area contributed by atoms with Crippen LogP contribution >= 0.6 is 0 Å². The monoisotopic (exact) mass is 296 g/mol. The number of carbonyl (C=O) groups is 1. The highest BCUT2D eigenvalue weighted by molar-refractivity contribution is 5.68. The van der Waals surface area contributed by atoms with Crippen LogP contribution in [0.5, 0.6) is 0 Å². The lowest BCUT2D eigenvalue weighted by Gasteiger charge is -2.34. The molecular weight excluding hydrogens is 264 g/mol. The fourth-order valence-electron chi connectivity index (χ4n) is 3.55. The number of nitrogens with zero attached hydrogens (tertiary/aromatic N) is 1. The number of likely N-dealkylation sites (tertiary alicyclic amines) is 1. The lowest BCUT2D eigenvalue weighted by atomic mass is 9.91. The van der Waals surface area contributed by atoms with Crippen LogP contribution in [-0.4, -0.2) is 35.7 Å². The van der Waals surface area contributed by atoms with Gasteiger partial charge in [-0.15, -0.1) is 0 Å². The Morgan fingerprint density at radius 1 is 1.33 bits per heavy atom. The van der Waals surface area contributed by atoms with Crippen LogP contribution < -0.4 is 5.73 Å². The lowest BCUT2D eigenvalue weighted by Crippen LogP contribution is -2.42. The Kier molecular flexibility index (Phi) is 4.57. The Labute approximate surface area is 129 Å². The quantitative estimate of drug-likeness (QED) is 0.868. The molecule has 21 heavy (non-hydrogen) atoms. The van der Waals surface area contributed by atoms with Gasteiger partial charge in [-0.25, -0.2) is 4.79 Å². The maximum Gasteiger partial charge on any atom is 0.410 e. The third kappa shape index (κ3) is 4.12. The summed E-state index contributed by atoms with van der Waals surface area (Å²) in [6.07, 6.45) is 4.53. The first-order valence-electron chi connectivity index (χ1n) is 8.35. The van der Waals surface area contributed by atoms with Crippen LogP contribution in [0.3, 0.4) is 0 Å². The van der Waals surface area contributed by atoms with Crippen LogP contribution in [0.2, 0.25) is 0 Å². The van der Waals surface area contributed by atoms with Crippen molar-refractivity contribution in [3.8, 4) is 0 Å². The van der Waals surface area contributed by atoms with Gasteiger partial charge in [-0.05, 0) is 63.7 Å². The fraction of sp³-hybridized carbons (Fsp3) is 0.941. The fourth-order valence-corrected chi connectivity index (χ4v) is 3.55. The summed E-state index contributed by atoms with van der Waals surface area (Å²) in [5.41, 5.74) is 6.03. The molecule has 0 radical (unpaired) electrons. The second kappa shape index (κ2) is 5.79. The Balaban J connectivity index is 1.77. The minimum atomic E-state index is -0.408. The molecule has 2 rings (SSSR count). The second-order valence-electron chi connectivity index (χ2n) is 8.47. The van der Waals surface area contributed by atoms with Crippen molar-refractivity contribution in [1.29, 1.82) is 0 Å². The molecule has 1 aliphatic heterocycles. The van der Waals surface area contributed by atoms with Crippen LogP contribution in [0, 0.1) is 17.3 Å². The molecule has 0 spiro atoms. The van der Waals surface area contributed by atoms with E-state index in [0.717, 1.165) is 19.5 Å². The number of amides is 1. The smallest absolute Gasteiger partial charge is 0.410 e. The zero-order valence-electron chi connectivity index (χ0n) is 14.3.